The van der Waals surface area contributed by atoms with Crippen molar-refractivity contribution in [2.75, 3.05) is 18.6 Å². The Morgan fingerprint density at radius 3 is 2.53 bits per heavy atom. The van der Waals surface area contributed by atoms with Gasteiger partial charge in [0, 0.05) is 13.6 Å². The SMILES string of the molecule is Cc1ccc(CN(C)C(=O)CSCC(N)=O)c(C)c1. The van der Waals surface area contributed by atoms with E-state index in [-0.39, 0.29) is 17.4 Å². The van der Waals surface area contributed by atoms with Crippen molar-refractivity contribution < 1.29 is 9.59 Å². The number of hydrogen-bond acceptors (Lipinski definition) is 3. The van der Waals surface area contributed by atoms with Crippen molar-refractivity contribution in [3.63, 3.8) is 0 Å². The molecule has 1 aromatic carbocycles. The van der Waals surface area contributed by atoms with Crippen LogP contribution < -0.4 is 5.73 Å². The van der Waals surface area contributed by atoms with Gasteiger partial charge in [-0.05, 0) is 25.0 Å². The van der Waals surface area contributed by atoms with Crippen LogP contribution >= 0.6 is 11.8 Å². The van der Waals surface area contributed by atoms with Crippen LogP contribution in [-0.2, 0) is 16.1 Å². The molecule has 0 aromatic heterocycles. The monoisotopic (exact) mass is 280 g/mol. The van der Waals surface area contributed by atoms with Gasteiger partial charge in [0.25, 0.3) is 0 Å². The predicted molar refractivity (Wildman–Crippen MR) is 78.9 cm³/mol. The highest BCUT2D eigenvalue weighted by Gasteiger charge is 2.11. The first-order valence-electron chi connectivity index (χ1n) is 6.06. The largest absolute Gasteiger partial charge is 0.369 e. The van der Waals surface area contributed by atoms with Crippen molar-refractivity contribution in [2.45, 2.75) is 20.4 Å². The van der Waals surface area contributed by atoms with Crippen LogP contribution in [0, 0.1) is 13.8 Å². The fourth-order valence-corrected chi connectivity index (χ4v) is 2.41. The average Bonchev–Trinajstić information content (AvgIpc) is 2.32. The summed E-state index contributed by atoms with van der Waals surface area (Å²) in [6, 6.07) is 6.20. The van der Waals surface area contributed by atoms with Crippen molar-refractivity contribution in [2.24, 2.45) is 5.73 Å². The van der Waals surface area contributed by atoms with Crippen molar-refractivity contribution in [1.82, 2.24) is 4.90 Å². The van der Waals surface area contributed by atoms with Gasteiger partial charge in [-0.15, -0.1) is 11.8 Å². The molecule has 2 amide bonds. The molecule has 0 spiro atoms. The summed E-state index contributed by atoms with van der Waals surface area (Å²) < 4.78 is 0. The van der Waals surface area contributed by atoms with Gasteiger partial charge in [0.15, 0.2) is 0 Å². The minimum absolute atomic E-state index is 0.00576. The predicted octanol–water partition coefficient (Wildman–Crippen LogP) is 1.48. The maximum atomic E-state index is 11.9. The van der Waals surface area contributed by atoms with E-state index < -0.39 is 5.91 Å². The number of hydrogen-bond donors (Lipinski definition) is 1. The lowest BCUT2D eigenvalue weighted by atomic mass is 10.1. The van der Waals surface area contributed by atoms with Gasteiger partial charge >= 0.3 is 0 Å². The summed E-state index contributed by atoms with van der Waals surface area (Å²) in [4.78, 5) is 24.1. The van der Waals surface area contributed by atoms with E-state index in [2.05, 4.69) is 6.07 Å². The lowest BCUT2D eigenvalue weighted by molar-refractivity contribution is -0.127. The van der Waals surface area contributed by atoms with Crippen LogP contribution in [0.25, 0.3) is 0 Å². The summed E-state index contributed by atoms with van der Waals surface area (Å²) in [5.74, 6) is 0.0779. The van der Waals surface area contributed by atoms with E-state index in [0.717, 1.165) is 5.56 Å². The number of benzene rings is 1. The van der Waals surface area contributed by atoms with E-state index >= 15 is 0 Å². The van der Waals surface area contributed by atoms with E-state index in [9.17, 15) is 9.59 Å². The van der Waals surface area contributed by atoms with Crippen LogP contribution in [0.3, 0.4) is 0 Å². The molecule has 1 aromatic rings. The Morgan fingerprint density at radius 1 is 1.26 bits per heavy atom. The summed E-state index contributed by atoms with van der Waals surface area (Å²) in [7, 11) is 1.77. The highest BCUT2D eigenvalue weighted by molar-refractivity contribution is 8.00. The number of aryl methyl sites for hydroxylation is 2. The van der Waals surface area contributed by atoms with Crippen molar-refractivity contribution in [3.05, 3.63) is 34.9 Å². The molecule has 0 fully saturated rings. The second-order valence-electron chi connectivity index (χ2n) is 4.64. The molecule has 0 saturated carbocycles. The van der Waals surface area contributed by atoms with E-state index in [1.807, 2.05) is 26.0 Å². The zero-order chi connectivity index (χ0) is 14.4. The molecular weight excluding hydrogens is 260 g/mol. The second kappa shape index (κ2) is 7.19. The van der Waals surface area contributed by atoms with Gasteiger partial charge in [0.2, 0.25) is 11.8 Å². The first kappa shape index (κ1) is 15.6. The van der Waals surface area contributed by atoms with E-state index in [1.54, 1.807) is 11.9 Å². The van der Waals surface area contributed by atoms with E-state index in [4.69, 9.17) is 5.73 Å². The van der Waals surface area contributed by atoms with Gasteiger partial charge < -0.3 is 10.6 Å². The molecule has 0 aliphatic rings. The lowest BCUT2D eigenvalue weighted by Gasteiger charge is -2.18. The molecule has 0 unspecified atom stereocenters. The molecule has 104 valence electrons. The maximum absolute atomic E-state index is 11.9. The normalized spacial score (nSPS) is 10.3. The highest BCUT2D eigenvalue weighted by atomic mass is 32.2. The van der Waals surface area contributed by atoms with Gasteiger partial charge in [-0.25, -0.2) is 0 Å². The van der Waals surface area contributed by atoms with Crippen molar-refractivity contribution in [3.8, 4) is 0 Å². The fourth-order valence-electron chi connectivity index (χ4n) is 1.72. The second-order valence-corrected chi connectivity index (χ2v) is 5.62. The summed E-state index contributed by atoms with van der Waals surface area (Å²) in [6.07, 6.45) is 0. The number of nitrogens with two attached hydrogens (primary N) is 1. The molecule has 0 bridgehead atoms. The molecule has 2 N–H and O–H groups in total. The number of carbonyl (C=O) groups excluding carboxylic acids is 2. The van der Waals surface area contributed by atoms with Gasteiger partial charge in [-0.2, -0.15) is 0 Å². The standard InChI is InChI=1S/C14H20N2O2S/c1-10-4-5-12(11(2)6-10)7-16(3)14(18)9-19-8-13(15)17/h4-6H,7-9H2,1-3H3,(H2,15,17). The third-order valence-corrected chi connectivity index (χ3v) is 3.74. The number of carbonyl (C=O) groups is 2. The Hall–Kier alpha value is -1.49. The molecule has 0 aliphatic heterocycles. The summed E-state index contributed by atoms with van der Waals surface area (Å²) in [5, 5.41) is 0. The average molecular weight is 280 g/mol. The summed E-state index contributed by atoms with van der Waals surface area (Å²) >= 11 is 1.25. The third-order valence-electron chi connectivity index (χ3n) is 2.80. The molecule has 4 nitrogen and oxygen atoms in total. The molecule has 0 aliphatic carbocycles. The fraction of sp³-hybridized carbons (Fsp3) is 0.429. The Kier molecular flexibility index (Phi) is 5.89. The molecule has 0 saturated heterocycles. The van der Waals surface area contributed by atoms with Gasteiger partial charge in [0.1, 0.15) is 0 Å². The molecule has 1 rings (SSSR count). The first-order chi connectivity index (χ1) is 8.90. The lowest BCUT2D eigenvalue weighted by Crippen LogP contribution is -2.28. The molecule has 5 heteroatoms. The smallest absolute Gasteiger partial charge is 0.232 e. The number of rotatable bonds is 6. The van der Waals surface area contributed by atoms with E-state index in [1.165, 1.54) is 22.9 Å². The van der Waals surface area contributed by atoms with Crippen LogP contribution in [0.1, 0.15) is 16.7 Å². The zero-order valence-electron chi connectivity index (χ0n) is 11.6. The Labute approximate surface area is 118 Å². The van der Waals surface area contributed by atoms with Crippen LogP contribution in [0.15, 0.2) is 18.2 Å². The van der Waals surface area contributed by atoms with Crippen LogP contribution in [-0.4, -0.2) is 35.3 Å². The number of nitrogens with zero attached hydrogens (tertiary/aromatic N) is 1. The quantitative estimate of drug-likeness (QED) is 0.858. The first-order valence-corrected chi connectivity index (χ1v) is 7.21. The van der Waals surface area contributed by atoms with E-state index in [0.29, 0.717) is 6.54 Å². The van der Waals surface area contributed by atoms with Crippen LogP contribution in [0.5, 0.6) is 0 Å². The molecule has 0 radical (unpaired) electrons. The molecule has 19 heavy (non-hydrogen) atoms. The van der Waals surface area contributed by atoms with Gasteiger partial charge in [-0.3, -0.25) is 9.59 Å². The number of amides is 2. The Morgan fingerprint density at radius 2 is 1.95 bits per heavy atom. The highest BCUT2D eigenvalue weighted by Crippen LogP contribution is 2.13. The summed E-state index contributed by atoms with van der Waals surface area (Å²) in [6.45, 7) is 4.68. The summed E-state index contributed by atoms with van der Waals surface area (Å²) in [5.41, 5.74) is 8.57. The molecule has 0 atom stereocenters. The topological polar surface area (TPSA) is 63.4 Å². The van der Waals surface area contributed by atoms with Crippen LogP contribution in [0.2, 0.25) is 0 Å². The number of thioether (sulfide) groups is 1. The minimum atomic E-state index is -0.394. The third kappa shape index (κ3) is 5.34. The maximum Gasteiger partial charge on any atom is 0.232 e. The van der Waals surface area contributed by atoms with Gasteiger partial charge in [0.05, 0.1) is 11.5 Å². The van der Waals surface area contributed by atoms with Crippen LogP contribution in [0.4, 0.5) is 0 Å². The Balaban J connectivity index is 2.51. The van der Waals surface area contributed by atoms with Crippen molar-refractivity contribution >= 4 is 23.6 Å². The van der Waals surface area contributed by atoms with Crippen molar-refractivity contribution in [1.29, 1.82) is 0 Å². The number of primary amides is 1. The zero-order valence-corrected chi connectivity index (χ0v) is 12.4. The van der Waals surface area contributed by atoms with Gasteiger partial charge in [-0.1, -0.05) is 23.8 Å². The minimum Gasteiger partial charge on any atom is -0.369 e. The molecular formula is C14H20N2O2S. The molecule has 0 heterocycles. The Bertz CT molecular complexity index is 475.